The van der Waals surface area contributed by atoms with Crippen molar-refractivity contribution in [2.75, 3.05) is 47.0 Å². The maximum Gasteiger partial charge on any atom is 0.409 e. The average molecular weight is 240 g/mol. The fourth-order valence-corrected chi connectivity index (χ4v) is 2.96. The lowest BCUT2D eigenvalue weighted by molar-refractivity contribution is -0.0199. The highest BCUT2D eigenvalue weighted by Crippen LogP contribution is 2.35. The molecule has 1 atom stereocenters. The molecule has 0 N–H and O–H groups in total. The molecule has 2 heterocycles. The van der Waals surface area contributed by atoms with Crippen molar-refractivity contribution in [3.05, 3.63) is 12.2 Å². The van der Waals surface area contributed by atoms with Crippen LogP contribution in [-0.4, -0.2) is 68.4 Å². The van der Waals surface area contributed by atoms with E-state index in [1.807, 2.05) is 0 Å². The number of amides is 1. The van der Waals surface area contributed by atoms with Gasteiger partial charge in [0.15, 0.2) is 0 Å². The number of methoxy groups -OCH3 is 2. The minimum absolute atomic E-state index is 0.0989. The van der Waals surface area contributed by atoms with E-state index in [1.54, 1.807) is 12.0 Å². The van der Waals surface area contributed by atoms with Gasteiger partial charge in [0.1, 0.15) is 0 Å². The standard InChI is InChI=1S/C12H20N2O3/c1-10-6-12(9-16-2)8-13(11(15)17-3)4-5-14(12)7-10/h1,4-9H2,2-3H3/t12-/m1/s1. The topological polar surface area (TPSA) is 42.0 Å². The molecular weight excluding hydrogens is 220 g/mol. The fourth-order valence-electron chi connectivity index (χ4n) is 2.96. The van der Waals surface area contributed by atoms with E-state index in [0.717, 1.165) is 19.5 Å². The van der Waals surface area contributed by atoms with E-state index < -0.39 is 0 Å². The summed E-state index contributed by atoms with van der Waals surface area (Å²) in [6, 6.07) is 0. The van der Waals surface area contributed by atoms with Gasteiger partial charge in [0.2, 0.25) is 0 Å². The minimum Gasteiger partial charge on any atom is -0.453 e. The Morgan fingerprint density at radius 2 is 2.24 bits per heavy atom. The van der Waals surface area contributed by atoms with Crippen LogP contribution < -0.4 is 0 Å². The quantitative estimate of drug-likeness (QED) is 0.667. The second-order valence-corrected chi connectivity index (χ2v) is 4.90. The van der Waals surface area contributed by atoms with Gasteiger partial charge in [0, 0.05) is 33.3 Å². The largest absolute Gasteiger partial charge is 0.453 e. The lowest BCUT2D eigenvalue weighted by Crippen LogP contribution is -2.62. The van der Waals surface area contributed by atoms with Gasteiger partial charge in [-0.25, -0.2) is 4.79 Å². The highest BCUT2D eigenvalue weighted by Gasteiger charge is 2.47. The molecule has 96 valence electrons. The van der Waals surface area contributed by atoms with Crippen LogP contribution in [0.25, 0.3) is 0 Å². The zero-order chi connectivity index (χ0) is 12.5. The molecule has 0 aliphatic carbocycles. The van der Waals surface area contributed by atoms with Crippen LogP contribution in [0, 0.1) is 0 Å². The molecule has 2 fully saturated rings. The molecular formula is C12H20N2O3. The van der Waals surface area contributed by atoms with Crippen LogP contribution in [-0.2, 0) is 9.47 Å². The van der Waals surface area contributed by atoms with Crippen LogP contribution >= 0.6 is 0 Å². The fraction of sp³-hybridized carbons (Fsp3) is 0.750. The van der Waals surface area contributed by atoms with Crippen molar-refractivity contribution in [2.24, 2.45) is 0 Å². The lowest BCUT2D eigenvalue weighted by atomic mass is 9.93. The third-order valence-electron chi connectivity index (χ3n) is 3.64. The van der Waals surface area contributed by atoms with Crippen molar-refractivity contribution in [2.45, 2.75) is 12.0 Å². The molecule has 5 nitrogen and oxygen atoms in total. The van der Waals surface area contributed by atoms with E-state index in [9.17, 15) is 4.79 Å². The summed E-state index contributed by atoms with van der Waals surface area (Å²) >= 11 is 0. The van der Waals surface area contributed by atoms with E-state index >= 15 is 0 Å². The zero-order valence-corrected chi connectivity index (χ0v) is 10.6. The molecule has 2 rings (SSSR count). The Kier molecular flexibility index (Phi) is 3.40. The van der Waals surface area contributed by atoms with Crippen molar-refractivity contribution >= 4 is 6.09 Å². The summed E-state index contributed by atoms with van der Waals surface area (Å²) in [6.07, 6.45) is 0.645. The van der Waals surface area contributed by atoms with Gasteiger partial charge in [0.05, 0.1) is 19.3 Å². The van der Waals surface area contributed by atoms with Crippen LogP contribution in [0.2, 0.25) is 0 Å². The average Bonchev–Trinajstić information content (AvgIpc) is 2.63. The summed E-state index contributed by atoms with van der Waals surface area (Å²) in [5.41, 5.74) is 1.12. The Bertz CT molecular complexity index is 332. The molecule has 0 unspecified atom stereocenters. The number of fused-ring (bicyclic) bond motifs is 1. The van der Waals surface area contributed by atoms with Crippen LogP contribution in [0.1, 0.15) is 6.42 Å². The van der Waals surface area contributed by atoms with Gasteiger partial charge in [-0.05, 0) is 6.42 Å². The van der Waals surface area contributed by atoms with E-state index in [2.05, 4.69) is 11.5 Å². The zero-order valence-electron chi connectivity index (χ0n) is 10.6. The van der Waals surface area contributed by atoms with Gasteiger partial charge in [-0.2, -0.15) is 0 Å². The Labute approximate surface area is 102 Å². The first kappa shape index (κ1) is 12.4. The van der Waals surface area contributed by atoms with Crippen molar-refractivity contribution in [3.8, 4) is 0 Å². The van der Waals surface area contributed by atoms with E-state index in [1.165, 1.54) is 12.7 Å². The lowest BCUT2D eigenvalue weighted by Gasteiger charge is -2.45. The van der Waals surface area contributed by atoms with Crippen molar-refractivity contribution in [3.63, 3.8) is 0 Å². The van der Waals surface area contributed by atoms with E-state index in [4.69, 9.17) is 9.47 Å². The normalized spacial score (nSPS) is 29.3. The molecule has 0 aromatic rings. The Morgan fingerprint density at radius 1 is 1.47 bits per heavy atom. The Morgan fingerprint density at radius 3 is 2.88 bits per heavy atom. The highest BCUT2D eigenvalue weighted by atomic mass is 16.5. The highest BCUT2D eigenvalue weighted by molar-refractivity contribution is 5.67. The third kappa shape index (κ3) is 2.17. The molecule has 2 aliphatic rings. The van der Waals surface area contributed by atoms with E-state index in [0.29, 0.717) is 19.7 Å². The van der Waals surface area contributed by atoms with Gasteiger partial charge >= 0.3 is 6.09 Å². The molecule has 2 saturated heterocycles. The Hall–Kier alpha value is -1.07. The summed E-state index contributed by atoms with van der Waals surface area (Å²) in [4.78, 5) is 15.7. The maximum atomic E-state index is 11.6. The molecule has 1 amide bonds. The number of carbonyl (C=O) groups excluding carboxylic acids is 1. The maximum absolute atomic E-state index is 11.6. The molecule has 17 heavy (non-hydrogen) atoms. The first-order valence-corrected chi connectivity index (χ1v) is 5.85. The molecule has 5 heteroatoms. The monoisotopic (exact) mass is 240 g/mol. The smallest absolute Gasteiger partial charge is 0.409 e. The molecule has 0 spiro atoms. The predicted octanol–water partition coefficient (Wildman–Crippen LogP) is 0.716. The number of rotatable bonds is 2. The van der Waals surface area contributed by atoms with Crippen molar-refractivity contribution in [1.29, 1.82) is 0 Å². The van der Waals surface area contributed by atoms with Gasteiger partial charge in [-0.3, -0.25) is 4.90 Å². The Balaban J connectivity index is 2.15. The van der Waals surface area contributed by atoms with Gasteiger partial charge in [-0.15, -0.1) is 0 Å². The second kappa shape index (κ2) is 4.66. The number of piperazine rings is 1. The number of hydrogen-bond donors (Lipinski definition) is 0. The van der Waals surface area contributed by atoms with E-state index in [-0.39, 0.29) is 11.6 Å². The molecule has 0 radical (unpaired) electrons. The number of ether oxygens (including phenoxy) is 2. The molecule has 0 saturated carbocycles. The van der Waals surface area contributed by atoms with Crippen LogP contribution in [0.3, 0.4) is 0 Å². The number of hydrogen-bond acceptors (Lipinski definition) is 4. The van der Waals surface area contributed by atoms with Crippen LogP contribution in [0.4, 0.5) is 4.79 Å². The third-order valence-corrected chi connectivity index (χ3v) is 3.64. The number of nitrogens with zero attached hydrogens (tertiary/aromatic N) is 2. The molecule has 0 aromatic carbocycles. The summed E-state index contributed by atoms with van der Waals surface area (Å²) in [5, 5.41) is 0. The second-order valence-electron chi connectivity index (χ2n) is 4.90. The molecule has 0 bridgehead atoms. The minimum atomic E-state index is -0.252. The van der Waals surface area contributed by atoms with Crippen molar-refractivity contribution in [1.82, 2.24) is 9.80 Å². The van der Waals surface area contributed by atoms with Crippen LogP contribution in [0.5, 0.6) is 0 Å². The first-order valence-electron chi connectivity index (χ1n) is 5.85. The SMILES string of the molecule is C=C1CN2CCN(C(=O)OC)C[C@@]2(COC)C1. The molecule has 2 aliphatic heterocycles. The first-order chi connectivity index (χ1) is 8.11. The predicted molar refractivity (Wildman–Crippen MR) is 63.9 cm³/mol. The summed E-state index contributed by atoms with van der Waals surface area (Å²) in [7, 11) is 3.12. The van der Waals surface area contributed by atoms with Gasteiger partial charge < -0.3 is 14.4 Å². The van der Waals surface area contributed by atoms with Crippen molar-refractivity contribution < 1.29 is 14.3 Å². The summed E-state index contributed by atoms with van der Waals surface area (Å²) in [6.45, 7) is 7.83. The van der Waals surface area contributed by atoms with Gasteiger partial charge in [-0.1, -0.05) is 12.2 Å². The summed E-state index contributed by atoms with van der Waals surface area (Å²) < 4.78 is 10.1. The van der Waals surface area contributed by atoms with Gasteiger partial charge in [0.25, 0.3) is 0 Å². The number of carbonyl (C=O) groups is 1. The van der Waals surface area contributed by atoms with Crippen LogP contribution in [0.15, 0.2) is 12.2 Å². The summed E-state index contributed by atoms with van der Waals surface area (Å²) in [5.74, 6) is 0. The molecule has 0 aromatic heterocycles.